The number of allylic oxidation sites excluding steroid dienone is 1. The highest BCUT2D eigenvalue weighted by molar-refractivity contribution is 6.03. The third-order valence-corrected chi connectivity index (χ3v) is 13.8. The molecule has 0 aromatic heterocycles. The van der Waals surface area contributed by atoms with Crippen molar-refractivity contribution in [2.75, 3.05) is 33.2 Å². The highest BCUT2D eigenvalue weighted by atomic mass is 16.7. The van der Waals surface area contributed by atoms with E-state index in [4.69, 9.17) is 38.4 Å². The highest BCUT2D eigenvalue weighted by Crippen LogP contribution is 2.62. The van der Waals surface area contributed by atoms with Crippen LogP contribution in [0.25, 0.3) is 11.1 Å². The molecule has 9 rings (SSSR count). The molecule has 71 heavy (non-hydrogen) atoms. The van der Waals surface area contributed by atoms with E-state index in [9.17, 15) is 20.3 Å². The number of hydrogen-bond donors (Lipinski definition) is 2. The molecule has 0 saturated heterocycles. The molecule has 0 spiro atoms. The van der Waals surface area contributed by atoms with Gasteiger partial charge in [0.1, 0.15) is 35.6 Å². The summed E-state index contributed by atoms with van der Waals surface area (Å²) in [5, 5.41) is 36.5. The summed E-state index contributed by atoms with van der Waals surface area (Å²) in [6.07, 6.45) is 7.56. The summed E-state index contributed by atoms with van der Waals surface area (Å²) in [7, 11) is 0. The fourth-order valence-corrected chi connectivity index (χ4v) is 10.7. The zero-order valence-corrected chi connectivity index (χ0v) is 39.7. The van der Waals surface area contributed by atoms with Crippen LogP contribution in [0.2, 0.25) is 0 Å². The lowest BCUT2D eigenvalue weighted by Crippen LogP contribution is -2.70. The van der Waals surface area contributed by atoms with E-state index in [1.165, 1.54) is 24.3 Å². The summed E-state index contributed by atoms with van der Waals surface area (Å²) in [4.78, 5) is 33.7. The number of aliphatic hydroxyl groups is 2. The third kappa shape index (κ3) is 10.5. The minimum atomic E-state index is -1.60. The number of unbranched alkanes of at least 4 members (excludes halogenated alkanes) is 2. The number of ether oxygens (including phenoxy) is 6. The molecule has 1 saturated carbocycles. The van der Waals surface area contributed by atoms with Crippen molar-refractivity contribution in [1.82, 2.24) is 4.90 Å². The molecule has 2 aliphatic carbocycles. The first-order valence-electron chi connectivity index (χ1n) is 24.4. The second kappa shape index (κ2) is 22.3. The smallest absolute Gasteiger partial charge is 0.416 e. The number of oxime groups is 1. The Morgan fingerprint density at radius 1 is 0.859 bits per heavy atom. The van der Waals surface area contributed by atoms with E-state index in [0.717, 1.165) is 47.9 Å². The maximum absolute atomic E-state index is 15.2. The van der Waals surface area contributed by atoms with Gasteiger partial charge in [0.15, 0.2) is 11.5 Å². The predicted molar refractivity (Wildman–Crippen MR) is 266 cm³/mol. The molecule has 4 aliphatic rings. The normalized spacial score (nSPS) is 22.0. The van der Waals surface area contributed by atoms with Crippen molar-refractivity contribution in [3.8, 4) is 45.6 Å². The maximum atomic E-state index is 15.2. The van der Waals surface area contributed by atoms with Crippen LogP contribution in [0.4, 0.5) is 10.5 Å². The summed E-state index contributed by atoms with van der Waals surface area (Å²) in [6, 6.07) is 33.8. The lowest BCUT2D eigenvalue weighted by molar-refractivity contribution is -0.384. The molecule has 0 bridgehead atoms. The Balaban J connectivity index is 1.21. The Labute approximate surface area is 413 Å². The maximum Gasteiger partial charge on any atom is 0.416 e. The van der Waals surface area contributed by atoms with Gasteiger partial charge in [-0.3, -0.25) is 15.0 Å². The van der Waals surface area contributed by atoms with Crippen LogP contribution < -0.4 is 23.7 Å². The standard InChI is InChI=1S/C56H59N3O12/c1-3-30-67-56-52(58(35-37-16-26-50-51(31-37)66-36-65-50)55(62)70-43-23-19-41(20-24-43)59(63)64)34-48(57-68-4-2)46-32-40(14-8-10-28-60)45(15-9-11-29-61)53(54(46)56)47-33-44(25-27-49(47)71-56)69-42-21-17-39(18-22-42)38-12-6-5-7-13-38/h3,5-7,12-13,16-27,31-33,40,45,52-54,60-61H,1,4,8-11,14-15,28-30,34-36H2,2H3. The fraction of sp³-hybridized carbons (Fsp3) is 0.357. The van der Waals surface area contributed by atoms with Gasteiger partial charge in [0.05, 0.1) is 23.2 Å². The predicted octanol–water partition coefficient (Wildman–Crippen LogP) is 11.1. The van der Waals surface area contributed by atoms with E-state index >= 15 is 4.79 Å². The van der Waals surface area contributed by atoms with Gasteiger partial charge in [-0.25, -0.2) is 4.79 Å². The molecule has 15 nitrogen and oxygen atoms in total. The Morgan fingerprint density at radius 3 is 2.30 bits per heavy atom. The molecule has 1 amide bonds. The molecule has 0 radical (unpaired) electrons. The van der Waals surface area contributed by atoms with Gasteiger partial charge in [-0.15, -0.1) is 6.58 Å². The summed E-state index contributed by atoms with van der Waals surface area (Å²) in [6.45, 7) is 6.40. The molecule has 15 heteroatoms. The average Bonchev–Trinajstić information content (AvgIpc) is 3.87. The van der Waals surface area contributed by atoms with Crippen LogP contribution in [-0.2, 0) is 16.1 Å². The van der Waals surface area contributed by atoms with Crippen molar-refractivity contribution in [1.29, 1.82) is 0 Å². The van der Waals surface area contributed by atoms with Gasteiger partial charge in [-0.2, -0.15) is 0 Å². The lowest BCUT2D eigenvalue weighted by atomic mass is 9.55. The Morgan fingerprint density at radius 2 is 1.56 bits per heavy atom. The number of fused-ring (bicyclic) bond motifs is 3. The summed E-state index contributed by atoms with van der Waals surface area (Å²) in [5.74, 6) is 0.447. The first-order chi connectivity index (χ1) is 34.7. The van der Waals surface area contributed by atoms with Gasteiger partial charge in [0, 0.05) is 49.8 Å². The Bertz CT molecular complexity index is 2730. The molecule has 2 aliphatic heterocycles. The van der Waals surface area contributed by atoms with Crippen molar-refractivity contribution in [3.05, 3.63) is 161 Å². The molecular formula is C56H59N3O12. The van der Waals surface area contributed by atoms with Gasteiger partial charge in [0.2, 0.25) is 12.6 Å². The second-order valence-electron chi connectivity index (χ2n) is 18.1. The van der Waals surface area contributed by atoms with Gasteiger partial charge in [-0.1, -0.05) is 78.7 Å². The molecule has 370 valence electrons. The minimum absolute atomic E-state index is 0.00914. The summed E-state index contributed by atoms with van der Waals surface area (Å²) >= 11 is 0. The first-order valence-corrected chi connectivity index (χ1v) is 24.4. The van der Waals surface area contributed by atoms with Crippen molar-refractivity contribution >= 4 is 17.5 Å². The van der Waals surface area contributed by atoms with E-state index in [2.05, 4.69) is 24.8 Å². The lowest BCUT2D eigenvalue weighted by Gasteiger charge is -2.59. The third-order valence-electron chi connectivity index (χ3n) is 13.8. The zero-order chi connectivity index (χ0) is 49.3. The number of benzene rings is 5. The number of non-ortho nitro benzene ring substituents is 1. The number of carbonyl (C=O) groups excluding carboxylic acids is 1. The molecule has 5 aromatic rings. The fourth-order valence-electron chi connectivity index (χ4n) is 10.7. The van der Waals surface area contributed by atoms with Crippen LogP contribution in [0, 0.1) is 27.9 Å². The van der Waals surface area contributed by atoms with Crippen LogP contribution >= 0.6 is 0 Å². The van der Waals surface area contributed by atoms with Crippen molar-refractivity contribution < 1.29 is 53.2 Å². The quantitative estimate of drug-likeness (QED) is 0.0308. The first kappa shape index (κ1) is 48.8. The topological polar surface area (TPSA) is 181 Å². The van der Waals surface area contributed by atoms with Crippen LogP contribution in [0.5, 0.6) is 34.5 Å². The van der Waals surface area contributed by atoms with E-state index in [0.29, 0.717) is 52.9 Å². The number of amides is 1. The van der Waals surface area contributed by atoms with Gasteiger partial charge >= 0.3 is 6.09 Å². The van der Waals surface area contributed by atoms with Crippen LogP contribution in [0.3, 0.4) is 0 Å². The van der Waals surface area contributed by atoms with E-state index < -0.39 is 28.8 Å². The van der Waals surface area contributed by atoms with Crippen molar-refractivity contribution in [2.45, 2.75) is 76.2 Å². The monoisotopic (exact) mass is 965 g/mol. The Hall–Kier alpha value is -7.20. The molecule has 5 aromatic carbocycles. The highest BCUT2D eigenvalue weighted by Gasteiger charge is 2.66. The average molecular weight is 966 g/mol. The van der Waals surface area contributed by atoms with E-state index in [-0.39, 0.29) is 75.4 Å². The number of nitro groups is 1. The SMILES string of the molecule is C=CCOC12Oc3ccc(Oc4ccc(-c5ccccc5)cc4)cc3C3C(CCCCO)C(CCCCO)C=C(C(=NOCC)CC1N(Cc1ccc4c(c1)OCO4)C(=O)Oc1ccc([N+](=O)[O-])cc1)C32. The van der Waals surface area contributed by atoms with E-state index in [1.54, 1.807) is 17.0 Å². The minimum Gasteiger partial charge on any atom is -0.459 e. The number of nitrogens with zero attached hydrogens (tertiary/aromatic N) is 3. The Kier molecular flexibility index (Phi) is 15.3. The number of aliphatic hydroxyl groups excluding tert-OH is 2. The number of rotatable bonds is 21. The van der Waals surface area contributed by atoms with Crippen molar-refractivity contribution in [3.63, 3.8) is 0 Å². The summed E-state index contributed by atoms with van der Waals surface area (Å²) in [5.41, 5.74) is 5.08. The van der Waals surface area contributed by atoms with E-state index in [1.807, 2.05) is 79.7 Å². The molecule has 1 fully saturated rings. The van der Waals surface area contributed by atoms with Crippen LogP contribution in [0.1, 0.15) is 68.9 Å². The number of nitro benzene ring substituents is 1. The molecule has 6 unspecified atom stereocenters. The number of carbonyl (C=O) groups is 1. The molecular weight excluding hydrogens is 907 g/mol. The number of hydrogen-bond acceptors (Lipinski definition) is 13. The second-order valence-corrected chi connectivity index (χ2v) is 18.1. The molecule has 6 atom stereocenters. The van der Waals surface area contributed by atoms with Crippen LogP contribution in [-0.4, -0.2) is 76.9 Å². The zero-order valence-electron chi connectivity index (χ0n) is 39.7. The van der Waals surface area contributed by atoms with Gasteiger partial charge in [0.25, 0.3) is 5.69 Å². The van der Waals surface area contributed by atoms with Crippen molar-refractivity contribution in [2.24, 2.45) is 22.9 Å². The van der Waals surface area contributed by atoms with Gasteiger partial charge < -0.3 is 43.5 Å². The molecule has 2 heterocycles. The summed E-state index contributed by atoms with van der Waals surface area (Å²) < 4.78 is 38.8. The molecule has 2 N–H and O–H groups in total. The largest absolute Gasteiger partial charge is 0.459 e. The van der Waals surface area contributed by atoms with Gasteiger partial charge in [-0.05, 0) is 121 Å². The van der Waals surface area contributed by atoms with Crippen LogP contribution in [0.15, 0.2) is 145 Å².